The molecule has 13 heavy (non-hydrogen) atoms. The summed E-state index contributed by atoms with van der Waals surface area (Å²) in [7, 11) is 0. The van der Waals surface area contributed by atoms with Gasteiger partial charge in [-0.2, -0.15) is 0 Å². The van der Waals surface area contributed by atoms with Crippen molar-refractivity contribution in [1.29, 1.82) is 0 Å². The molecule has 1 rings (SSSR count). The van der Waals surface area contributed by atoms with Gasteiger partial charge in [0, 0.05) is 19.2 Å². The highest BCUT2D eigenvalue weighted by Crippen LogP contribution is 2.14. The molecule has 0 unspecified atom stereocenters. The predicted molar refractivity (Wildman–Crippen MR) is 55.2 cm³/mol. The monoisotopic (exact) mass is 175 g/mol. The van der Waals surface area contributed by atoms with Gasteiger partial charge in [-0.1, -0.05) is 0 Å². The minimum Gasteiger partial charge on any atom is -0.396 e. The summed E-state index contributed by atoms with van der Waals surface area (Å²) in [6, 6.07) is 1.85. The van der Waals surface area contributed by atoms with E-state index in [0.717, 1.165) is 25.1 Å². The van der Waals surface area contributed by atoms with Crippen LogP contribution < -0.4 is 11.1 Å². The molecule has 0 aromatic carbocycles. The molecule has 0 aliphatic carbocycles. The molecule has 1 aromatic rings. The fourth-order valence-corrected chi connectivity index (χ4v) is 0.981. The molecule has 68 valence electrons. The third-order valence-corrected chi connectivity index (χ3v) is 1.67. The summed E-state index contributed by atoms with van der Waals surface area (Å²) in [6.07, 6.45) is 10.2. The Bertz CT molecular complexity index is 301. The topological polar surface area (TPSA) is 50.9 Å². The molecule has 0 amide bonds. The lowest BCUT2D eigenvalue weighted by molar-refractivity contribution is 0.907. The fraction of sp³-hybridized carbons (Fsp3) is 0.300. The van der Waals surface area contributed by atoms with Gasteiger partial charge in [0.15, 0.2) is 0 Å². The van der Waals surface area contributed by atoms with Gasteiger partial charge in [0.2, 0.25) is 0 Å². The van der Waals surface area contributed by atoms with E-state index in [9.17, 15) is 0 Å². The first-order chi connectivity index (χ1) is 6.34. The second-order valence-electron chi connectivity index (χ2n) is 2.70. The van der Waals surface area contributed by atoms with Gasteiger partial charge in [0.25, 0.3) is 0 Å². The Morgan fingerprint density at radius 3 is 3.15 bits per heavy atom. The number of pyridine rings is 1. The van der Waals surface area contributed by atoms with Crippen molar-refractivity contribution in [3.63, 3.8) is 0 Å². The summed E-state index contributed by atoms with van der Waals surface area (Å²) in [6.45, 7) is 0.846. The van der Waals surface area contributed by atoms with Crippen LogP contribution in [0.3, 0.4) is 0 Å². The van der Waals surface area contributed by atoms with Crippen LogP contribution in [0.5, 0.6) is 0 Å². The van der Waals surface area contributed by atoms with E-state index in [0.29, 0.717) is 5.69 Å². The Morgan fingerprint density at radius 1 is 1.62 bits per heavy atom. The number of aromatic nitrogens is 1. The molecule has 0 spiro atoms. The lowest BCUT2D eigenvalue weighted by atomic mass is 10.3. The van der Waals surface area contributed by atoms with Crippen LogP contribution in [0.25, 0.3) is 0 Å². The Morgan fingerprint density at radius 2 is 2.46 bits per heavy atom. The largest absolute Gasteiger partial charge is 0.396 e. The third-order valence-electron chi connectivity index (χ3n) is 1.67. The lowest BCUT2D eigenvalue weighted by Gasteiger charge is -2.06. The van der Waals surface area contributed by atoms with Gasteiger partial charge in [0.05, 0.1) is 17.6 Å². The van der Waals surface area contributed by atoms with Gasteiger partial charge in [-0.3, -0.25) is 4.98 Å². The maximum Gasteiger partial charge on any atom is 0.0736 e. The van der Waals surface area contributed by atoms with Crippen LogP contribution in [0.1, 0.15) is 12.8 Å². The molecule has 0 radical (unpaired) electrons. The number of nitrogens with one attached hydrogen (secondary N) is 1. The molecular weight excluding hydrogens is 162 g/mol. The van der Waals surface area contributed by atoms with Crippen LogP contribution >= 0.6 is 0 Å². The molecule has 3 N–H and O–H groups in total. The van der Waals surface area contributed by atoms with Crippen molar-refractivity contribution in [2.45, 2.75) is 12.8 Å². The van der Waals surface area contributed by atoms with Crippen LogP contribution in [0.4, 0.5) is 11.4 Å². The maximum absolute atomic E-state index is 5.67. The van der Waals surface area contributed by atoms with Gasteiger partial charge < -0.3 is 11.1 Å². The molecule has 1 aromatic heterocycles. The normalized spacial score (nSPS) is 9.15. The van der Waals surface area contributed by atoms with E-state index >= 15 is 0 Å². The molecule has 0 aliphatic heterocycles. The molecule has 3 heteroatoms. The van der Waals surface area contributed by atoms with Crippen molar-refractivity contribution in [1.82, 2.24) is 4.98 Å². The van der Waals surface area contributed by atoms with Gasteiger partial charge >= 0.3 is 0 Å². The quantitative estimate of drug-likeness (QED) is 0.538. The van der Waals surface area contributed by atoms with E-state index in [1.807, 2.05) is 6.07 Å². The van der Waals surface area contributed by atoms with Crippen molar-refractivity contribution in [2.24, 2.45) is 0 Å². The van der Waals surface area contributed by atoms with Gasteiger partial charge in [-0.15, -0.1) is 12.3 Å². The van der Waals surface area contributed by atoms with Crippen molar-refractivity contribution >= 4 is 11.4 Å². The number of nitrogens with two attached hydrogens (primary N) is 1. The SMILES string of the molecule is C#CCCCNc1ccncc1N. The lowest BCUT2D eigenvalue weighted by Crippen LogP contribution is -2.03. The van der Waals surface area contributed by atoms with E-state index in [1.165, 1.54) is 0 Å². The standard InChI is InChI=1S/C10H13N3/c1-2-3-4-6-13-10-5-7-12-8-9(10)11/h1,5,7-8H,3-4,6,11H2,(H,12,13). The summed E-state index contributed by atoms with van der Waals surface area (Å²) in [5.41, 5.74) is 7.26. The predicted octanol–water partition coefficient (Wildman–Crippen LogP) is 1.49. The summed E-state index contributed by atoms with van der Waals surface area (Å²) in [5.74, 6) is 2.58. The Hall–Kier alpha value is -1.69. The molecule has 0 bridgehead atoms. The smallest absolute Gasteiger partial charge is 0.0736 e. The molecule has 0 atom stereocenters. The number of rotatable bonds is 4. The molecule has 0 aliphatic rings. The van der Waals surface area contributed by atoms with Crippen molar-refractivity contribution in [3.8, 4) is 12.3 Å². The van der Waals surface area contributed by atoms with E-state index in [1.54, 1.807) is 12.4 Å². The minimum atomic E-state index is 0.670. The molecule has 3 nitrogen and oxygen atoms in total. The van der Waals surface area contributed by atoms with E-state index in [-0.39, 0.29) is 0 Å². The molecule has 0 saturated carbocycles. The van der Waals surface area contributed by atoms with Gasteiger partial charge in [-0.05, 0) is 12.5 Å². The molecule has 0 saturated heterocycles. The van der Waals surface area contributed by atoms with Crippen molar-refractivity contribution < 1.29 is 0 Å². The van der Waals surface area contributed by atoms with Crippen molar-refractivity contribution in [3.05, 3.63) is 18.5 Å². The number of hydrogen-bond acceptors (Lipinski definition) is 3. The zero-order valence-electron chi connectivity index (χ0n) is 7.46. The first-order valence-electron chi connectivity index (χ1n) is 4.21. The number of nitrogens with zero attached hydrogens (tertiary/aromatic N) is 1. The van der Waals surface area contributed by atoms with Crippen LogP contribution in [0, 0.1) is 12.3 Å². The van der Waals surface area contributed by atoms with Crippen LogP contribution in [-0.2, 0) is 0 Å². The highest BCUT2D eigenvalue weighted by molar-refractivity contribution is 5.64. The first-order valence-corrected chi connectivity index (χ1v) is 4.21. The summed E-state index contributed by atoms with van der Waals surface area (Å²) >= 11 is 0. The molecule has 1 heterocycles. The molecular formula is C10H13N3. The Balaban J connectivity index is 2.37. The maximum atomic E-state index is 5.67. The minimum absolute atomic E-state index is 0.670. The molecule has 0 fully saturated rings. The number of nitrogen functional groups attached to an aromatic ring is 1. The fourth-order valence-electron chi connectivity index (χ4n) is 0.981. The highest BCUT2D eigenvalue weighted by atomic mass is 14.9. The highest BCUT2D eigenvalue weighted by Gasteiger charge is 1.95. The summed E-state index contributed by atoms with van der Waals surface area (Å²) < 4.78 is 0. The Labute approximate surface area is 78.4 Å². The number of terminal acetylenes is 1. The number of hydrogen-bond donors (Lipinski definition) is 2. The average molecular weight is 175 g/mol. The zero-order chi connectivity index (χ0) is 9.52. The summed E-state index contributed by atoms with van der Waals surface area (Å²) in [4.78, 5) is 3.89. The zero-order valence-corrected chi connectivity index (χ0v) is 7.46. The van der Waals surface area contributed by atoms with Crippen LogP contribution in [-0.4, -0.2) is 11.5 Å². The van der Waals surface area contributed by atoms with E-state index in [2.05, 4.69) is 16.2 Å². The Kier molecular flexibility index (Phi) is 3.65. The van der Waals surface area contributed by atoms with Crippen molar-refractivity contribution in [2.75, 3.05) is 17.6 Å². The third kappa shape index (κ3) is 3.04. The van der Waals surface area contributed by atoms with Crippen LogP contribution in [0.2, 0.25) is 0 Å². The van der Waals surface area contributed by atoms with E-state index < -0.39 is 0 Å². The summed E-state index contributed by atoms with van der Waals surface area (Å²) in [5, 5.41) is 3.19. The second-order valence-corrected chi connectivity index (χ2v) is 2.70. The van der Waals surface area contributed by atoms with E-state index in [4.69, 9.17) is 12.2 Å². The number of anilines is 2. The van der Waals surface area contributed by atoms with Gasteiger partial charge in [-0.25, -0.2) is 0 Å². The van der Waals surface area contributed by atoms with Crippen LogP contribution in [0.15, 0.2) is 18.5 Å². The first kappa shape index (κ1) is 9.40. The second kappa shape index (κ2) is 5.04. The number of unbranched alkanes of at least 4 members (excludes halogenated alkanes) is 1. The average Bonchev–Trinajstić information content (AvgIpc) is 2.15. The van der Waals surface area contributed by atoms with Gasteiger partial charge in [0.1, 0.15) is 0 Å².